The summed E-state index contributed by atoms with van der Waals surface area (Å²) < 4.78 is 0. The first kappa shape index (κ1) is 9.95. The third-order valence-electron chi connectivity index (χ3n) is 3.62. The molecule has 3 nitrogen and oxygen atoms in total. The van der Waals surface area contributed by atoms with E-state index in [4.69, 9.17) is 5.26 Å². The van der Waals surface area contributed by atoms with Crippen LogP contribution in [0.1, 0.15) is 25.7 Å². The van der Waals surface area contributed by atoms with E-state index in [9.17, 15) is 0 Å². The SMILES string of the molecule is N#CCCNC1CCC2CNCC2C1. The third-order valence-corrected chi connectivity index (χ3v) is 3.62. The van der Waals surface area contributed by atoms with Gasteiger partial charge in [-0.3, -0.25) is 0 Å². The summed E-state index contributed by atoms with van der Waals surface area (Å²) in [5.74, 6) is 1.83. The maximum atomic E-state index is 8.45. The Hall–Kier alpha value is -0.590. The van der Waals surface area contributed by atoms with Crippen LogP contribution in [0.3, 0.4) is 0 Å². The molecular formula is C11H19N3. The minimum Gasteiger partial charge on any atom is -0.316 e. The van der Waals surface area contributed by atoms with Crippen LogP contribution in [0.4, 0.5) is 0 Å². The molecule has 3 heteroatoms. The van der Waals surface area contributed by atoms with Crippen molar-refractivity contribution in [3.05, 3.63) is 0 Å². The zero-order chi connectivity index (χ0) is 9.80. The van der Waals surface area contributed by atoms with Crippen LogP contribution in [0.25, 0.3) is 0 Å². The van der Waals surface area contributed by atoms with Crippen molar-refractivity contribution in [1.82, 2.24) is 10.6 Å². The standard InChI is InChI=1S/C11H19N3/c12-4-1-5-14-11-3-2-9-7-13-8-10(9)6-11/h9-11,13-14H,1-3,5-8H2. The number of nitrogens with one attached hydrogen (secondary N) is 2. The molecule has 0 radical (unpaired) electrons. The molecule has 2 N–H and O–H groups in total. The molecule has 1 saturated heterocycles. The average Bonchev–Trinajstić information content (AvgIpc) is 2.65. The molecule has 0 aromatic heterocycles. The predicted molar refractivity (Wildman–Crippen MR) is 55.7 cm³/mol. The monoisotopic (exact) mass is 193 g/mol. The molecule has 0 amide bonds. The van der Waals surface area contributed by atoms with Crippen molar-refractivity contribution in [2.24, 2.45) is 11.8 Å². The lowest BCUT2D eigenvalue weighted by Gasteiger charge is -2.31. The molecule has 1 saturated carbocycles. The second-order valence-electron chi connectivity index (χ2n) is 4.55. The van der Waals surface area contributed by atoms with Crippen LogP contribution in [0.5, 0.6) is 0 Å². The minimum atomic E-state index is 0.642. The van der Waals surface area contributed by atoms with Gasteiger partial charge in [-0.25, -0.2) is 0 Å². The molecule has 2 aliphatic rings. The van der Waals surface area contributed by atoms with Crippen molar-refractivity contribution in [3.63, 3.8) is 0 Å². The van der Waals surface area contributed by atoms with Crippen LogP contribution in [-0.2, 0) is 0 Å². The quantitative estimate of drug-likeness (QED) is 0.654. The molecule has 78 valence electrons. The van der Waals surface area contributed by atoms with Gasteiger partial charge >= 0.3 is 0 Å². The zero-order valence-electron chi connectivity index (χ0n) is 8.63. The van der Waals surface area contributed by atoms with Gasteiger partial charge in [-0.15, -0.1) is 0 Å². The Labute approximate surface area is 85.9 Å². The second kappa shape index (κ2) is 4.77. The number of rotatable bonds is 3. The van der Waals surface area contributed by atoms with Crippen molar-refractivity contribution in [3.8, 4) is 6.07 Å². The lowest BCUT2D eigenvalue weighted by atomic mass is 9.79. The Morgan fingerprint density at radius 3 is 3.00 bits per heavy atom. The summed E-state index contributed by atoms with van der Waals surface area (Å²) >= 11 is 0. The first-order chi connectivity index (χ1) is 6.90. The van der Waals surface area contributed by atoms with Gasteiger partial charge < -0.3 is 10.6 Å². The van der Waals surface area contributed by atoms with E-state index in [1.165, 1.54) is 32.4 Å². The van der Waals surface area contributed by atoms with Gasteiger partial charge in [-0.2, -0.15) is 5.26 Å². The van der Waals surface area contributed by atoms with Crippen molar-refractivity contribution >= 4 is 0 Å². The number of fused-ring (bicyclic) bond motifs is 1. The van der Waals surface area contributed by atoms with Crippen molar-refractivity contribution in [2.45, 2.75) is 31.7 Å². The Bertz CT molecular complexity index is 221. The fraction of sp³-hybridized carbons (Fsp3) is 0.909. The van der Waals surface area contributed by atoms with E-state index in [0.29, 0.717) is 12.5 Å². The van der Waals surface area contributed by atoms with Crippen molar-refractivity contribution < 1.29 is 0 Å². The Morgan fingerprint density at radius 1 is 1.29 bits per heavy atom. The fourth-order valence-electron chi connectivity index (χ4n) is 2.82. The first-order valence-corrected chi connectivity index (χ1v) is 5.71. The number of nitriles is 1. The molecular weight excluding hydrogens is 174 g/mol. The Kier molecular flexibility index (Phi) is 3.39. The summed E-state index contributed by atoms with van der Waals surface area (Å²) in [4.78, 5) is 0. The van der Waals surface area contributed by atoms with E-state index in [-0.39, 0.29) is 0 Å². The van der Waals surface area contributed by atoms with E-state index in [1.54, 1.807) is 0 Å². The second-order valence-corrected chi connectivity index (χ2v) is 4.55. The summed E-state index contributed by atoms with van der Waals surface area (Å²) in [7, 11) is 0. The van der Waals surface area contributed by atoms with Crippen LogP contribution in [0.15, 0.2) is 0 Å². The molecule has 14 heavy (non-hydrogen) atoms. The molecule has 0 spiro atoms. The summed E-state index contributed by atoms with van der Waals surface area (Å²) in [6, 6.07) is 2.85. The van der Waals surface area contributed by atoms with E-state index < -0.39 is 0 Å². The lowest BCUT2D eigenvalue weighted by molar-refractivity contribution is 0.244. The summed E-state index contributed by atoms with van der Waals surface area (Å²) in [5, 5.41) is 15.4. The van der Waals surface area contributed by atoms with Gasteiger partial charge in [-0.05, 0) is 44.2 Å². The molecule has 3 atom stereocenters. The van der Waals surface area contributed by atoms with Gasteiger partial charge in [0, 0.05) is 19.0 Å². The molecule has 1 aliphatic carbocycles. The van der Waals surface area contributed by atoms with Crippen LogP contribution < -0.4 is 10.6 Å². The smallest absolute Gasteiger partial charge is 0.0635 e. The molecule has 0 aromatic carbocycles. The Morgan fingerprint density at radius 2 is 2.14 bits per heavy atom. The van der Waals surface area contributed by atoms with E-state index in [2.05, 4.69) is 16.7 Å². The van der Waals surface area contributed by atoms with Gasteiger partial charge in [0.2, 0.25) is 0 Å². The number of hydrogen-bond acceptors (Lipinski definition) is 3. The molecule has 1 heterocycles. The van der Waals surface area contributed by atoms with Crippen LogP contribution in [0.2, 0.25) is 0 Å². The van der Waals surface area contributed by atoms with Crippen LogP contribution >= 0.6 is 0 Å². The summed E-state index contributed by atoms with van der Waals surface area (Å²) in [6.07, 6.45) is 4.61. The minimum absolute atomic E-state index is 0.642. The molecule has 1 aliphatic heterocycles. The highest BCUT2D eigenvalue weighted by molar-refractivity contribution is 4.90. The zero-order valence-corrected chi connectivity index (χ0v) is 8.63. The lowest BCUT2D eigenvalue weighted by Crippen LogP contribution is -2.37. The predicted octanol–water partition coefficient (Wildman–Crippen LogP) is 0.878. The molecule has 2 rings (SSSR count). The summed E-state index contributed by atoms with van der Waals surface area (Å²) in [6.45, 7) is 3.31. The molecule has 3 unspecified atom stereocenters. The Balaban J connectivity index is 1.72. The van der Waals surface area contributed by atoms with E-state index in [0.717, 1.165) is 18.4 Å². The van der Waals surface area contributed by atoms with Gasteiger partial charge in [0.05, 0.1) is 6.07 Å². The first-order valence-electron chi connectivity index (χ1n) is 5.71. The molecule has 0 aromatic rings. The van der Waals surface area contributed by atoms with E-state index >= 15 is 0 Å². The van der Waals surface area contributed by atoms with Crippen molar-refractivity contribution in [1.29, 1.82) is 5.26 Å². The summed E-state index contributed by atoms with van der Waals surface area (Å²) in [5.41, 5.74) is 0. The fourth-order valence-corrected chi connectivity index (χ4v) is 2.82. The van der Waals surface area contributed by atoms with Gasteiger partial charge in [-0.1, -0.05) is 0 Å². The van der Waals surface area contributed by atoms with Crippen LogP contribution in [-0.4, -0.2) is 25.7 Å². The maximum absolute atomic E-state index is 8.45. The average molecular weight is 193 g/mol. The van der Waals surface area contributed by atoms with Gasteiger partial charge in [0.25, 0.3) is 0 Å². The largest absolute Gasteiger partial charge is 0.316 e. The van der Waals surface area contributed by atoms with Crippen LogP contribution in [0, 0.1) is 23.2 Å². The van der Waals surface area contributed by atoms with Gasteiger partial charge in [0.15, 0.2) is 0 Å². The normalized spacial score (nSPS) is 36.4. The highest BCUT2D eigenvalue weighted by atomic mass is 14.9. The van der Waals surface area contributed by atoms with Crippen molar-refractivity contribution in [2.75, 3.05) is 19.6 Å². The highest BCUT2D eigenvalue weighted by Gasteiger charge is 2.33. The topological polar surface area (TPSA) is 47.9 Å². The number of hydrogen-bond donors (Lipinski definition) is 2. The molecule has 2 fully saturated rings. The molecule has 0 bridgehead atoms. The maximum Gasteiger partial charge on any atom is 0.0635 e. The third kappa shape index (κ3) is 2.26. The number of nitrogens with zero attached hydrogens (tertiary/aromatic N) is 1. The highest BCUT2D eigenvalue weighted by Crippen LogP contribution is 2.32. The van der Waals surface area contributed by atoms with Gasteiger partial charge in [0.1, 0.15) is 0 Å². The van der Waals surface area contributed by atoms with E-state index in [1.807, 2.05) is 0 Å².